The van der Waals surface area contributed by atoms with Crippen LogP contribution >= 0.6 is 11.3 Å². The Morgan fingerprint density at radius 3 is 2.52 bits per heavy atom. The molecule has 5 nitrogen and oxygen atoms in total. The fourth-order valence-corrected chi connectivity index (χ4v) is 3.65. The number of nitrogens with zero attached hydrogens (tertiary/aromatic N) is 2. The first-order valence-electron chi connectivity index (χ1n) is 8.21. The van der Waals surface area contributed by atoms with Crippen molar-refractivity contribution in [3.63, 3.8) is 0 Å². The predicted molar refractivity (Wildman–Crippen MR) is 105 cm³/mol. The lowest BCUT2D eigenvalue weighted by atomic mass is 10.2. The number of thiophene rings is 1. The Bertz CT molecular complexity index is 782. The van der Waals surface area contributed by atoms with Crippen LogP contribution in [0.1, 0.15) is 17.4 Å². The van der Waals surface area contributed by atoms with Crippen molar-refractivity contribution in [2.45, 2.75) is 24.8 Å². The highest BCUT2D eigenvalue weighted by molar-refractivity contribution is 7.90. The molecule has 1 heterocycles. The van der Waals surface area contributed by atoms with E-state index in [1.54, 1.807) is 23.5 Å². The maximum absolute atomic E-state index is 11.5. The Labute approximate surface area is 154 Å². The van der Waals surface area contributed by atoms with Crippen LogP contribution in [0, 0.1) is 0 Å². The molecule has 0 radical (unpaired) electrons. The van der Waals surface area contributed by atoms with E-state index in [9.17, 15) is 8.42 Å². The summed E-state index contributed by atoms with van der Waals surface area (Å²) in [7, 11) is -1.13. The summed E-state index contributed by atoms with van der Waals surface area (Å²) in [5.41, 5.74) is 0.981. The van der Waals surface area contributed by atoms with E-state index in [4.69, 9.17) is 0 Å². The van der Waals surface area contributed by atoms with Crippen molar-refractivity contribution in [1.82, 2.24) is 10.2 Å². The van der Waals surface area contributed by atoms with Crippen LogP contribution in [-0.2, 0) is 22.8 Å². The maximum Gasteiger partial charge on any atom is 0.193 e. The highest BCUT2D eigenvalue weighted by Gasteiger charge is 2.08. The van der Waals surface area contributed by atoms with Gasteiger partial charge >= 0.3 is 0 Å². The number of aliphatic imine (C=N–C) groups is 1. The van der Waals surface area contributed by atoms with Gasteiger partial charge < -0.3 is 10.2 Å². The first-order chi connectivity index (χ1) is 11.9. The number of rotatable bonds is 7. The molecule has 0 bridgehead atoms. The van der Waals surface area contributed by atoms with Crippen LogP contribution in [0.15, 0.2) is 51.7 Å². The van der Waals surface area contributed by atoms with E-state index in [0.717, 1.165) is 31.0 Å². The summed E-state index contributed by atoms with van der Waals surface area (Å²) in [6, 6.07) is 11.1. The van der Waals surface area contributed by atoms with Crippen LogP contribution in [-0.4, -0.2) is 45.7 Å². The molecule has 0 aliphatic rings. The largest absolute Gasteiger partial charge is 0.357 e. The van der Waals surface area contributed by atoms with Crippen LogP contribution in [0.5, 0.6) is 0 Å². The minimum absolute atomic E-state index is 0.334. The molecule has 1 N–H and O–H groups in total. The molecule has 0 saturated heterocycles. The third-order valence-electron chi connectivity index (χ3n) is 3.73. The van der Waals surface area contributed by atoms with Crippen molar-refractivity contribution in [1.29, 1.82) is 0 Å². The molecule has 0 spiro atoms. The van der Waals surface area contributed by atoms with Crippen molar-refractivity contribution < 1.29 is 8.42 Å². The van der Waals surface area contributed by atoms with Gasteiger partial charge in [0.05, 0.1) is 11.4 Å². The molecule has 2 rings (SSSR count). The SMILES string of the molecule is CCNC(=NCc1ccc(S(C)(=O)=O)cc1)N(C)CCc1cccs1. The van der Waals surface area contributed by atoms with Crippen molar-refractivity contribution in [3.05, 3.63) is 52.2 Å². The van der Waals surface area contributed by atoms with Gasteiger partial charge in [0, 0.05) is 31.3 Å². The summed E-state index contributed by atoms with van der Waals surface area (Å²) in [6.07, 6.45) is 2.20. The van der Waals surface area contributed by atoms with Gasteiger partial charge in [0.15, 0.2) is 15.8 Å². The fraction of sp³-hybridized carbons (Fsp3) is 0.389. The van der Waals surface area contributed by atoms with E-state index in [0.29, 0.717) is 11.4 Å². The first-order valence-corrected chi connectivity index (χ1v) is 11.0. The highest BCUT2D eigenvalue weighted by Crippen LogP contribution is 2.12. The second-order valence-electron chi connectivity index (χ2n) is 5.84. The van der Waals surface area contributed by atoms with Gasteiger partial charge in [-0.3, -0.25) is 0 Å². The van der Waals surface area contributed by atoms with Gasteiger partial charge in [-0.05, 0) is 42.5 Å². The Balaban J connectivity index is 2.00. The van der Waals surface area contributed by atoms with Gasteiger partial charge in [0.2, 0.25) is 0 Å². The first kappa shape index (κ1) is 19.5. The van der Waals surface area contributed by atoms with Gasteiger partial charge in [0.25, 0.3) is 0 Å². The lowest BCUT2D eigenvalue weighted by molar-refractivity contribution is 0.486. The molecule has 1 aromatic heterocycles. The summed E-state index contributed by atoms with van der Waals surface area (Å²) >= 11 is 1.77. The second kappa shape index (κ2) is 9.01. The van der Waals surface area contributed by atoms with E-state index in [1.165, 1.54) is 11.1 Å². The van der Waals surface area contributed by atoms with E-state index in [2.05, 4.69) is 32.7 Å². The standard InChI is InChI=1S/C18H25N3O2S2/c1-4-19-18(21(2)12-11-16-6-5-13-24-16)20-14-15-7-9-17(10-8-15)25(3,22)23/h5-10,13H,4,11-12,14H2,1-3H3,(H,19,20). The van der Waals surface area contributed by atoms with Crippen molar-refractivity contribution in [2.24, 2.45) is 4.99 Å². The normalized spacial score (nSPS) is 12.2. The zero-order chi connectivity index (χ0) is 18.3. The minimum Gasteiger partial charge on any atom is -0.357 e. The van der Waals surface area contributed by atoms with Crippen LogP contribution < -0.4 is 5.32 Å². The van der Waals surface area contributed by atoms with E-state index < -0.39 is 9.84 Å². The predicted octanol–water partition coefficient (Wildman–Crippen LogP) is 2.79. The molecule has 1 aromatic carbocycles. The van der Waals surface area contributed by atoms with Crippen LogP contribution in [0.4, 0.5) is 0 Å². The zero-order valence-corrected chi connectivity index (χ0v) is 16.5. The lowest BCUT2D eigenvalue weighted by Crippen LogP contribution is -2.39. The Morgan fingerprint density at radius 1 is 1.24 bits per heavy atom. The van der Waals surface area contributed by atoms with Gasteiger partial charge in [-0.15, -0.1) is 11.3 Å². The van der Waals surface area contributed by atoms with Gasteiger partial charge in [0.1, 0.15) is 0 Å². The lowest BCUT2D eigenvalue weighted by Gasteiger charge is -2.21. The Kier molecular flexibility index (Phi) is 7.01. The molecule has 25 heavy (non-hydrogen) atoms. The number of guanidine groups is 1. The summed E-state index contributed by atoms with van der Waals surface area (Å²) < 4.78 is 23.0. The quantitative estimate of drug-likeness (QED) is 0.594. The molecule has 136 valence electrons. The fourth-order valence-electron chi connectivity index (χ4n) is 2.32. The Hall–Kier alpha value is -1.86. The number of hydrogen-bond donors (Lipinski definition) is 1. The van der Waals surface area contributed by atoms with Crippen LogP contribution in [0.3, 0.4) is 0 Å². The smallest absolute Gasteiger partial charge is 0.193 e. The number of sulfone groups is 1. The summed E-state index contributed by atoms with van der Waals surface area (Å²) in [4.78, 5) is 8.47. The van der Waals surface area contributed by atoms with Gasteiger partial charge in [-0.25, -0.2) is 13.4 Å². The molecular weight excluding hydrogens is 354 g/mol. The van der Waals surface area contributed by atoms with Crippen molar-refractivity contribution in [2.75, 3.05) is 26.4 Å². The van der Waals surface area contributed by atoms with Gasteiger partial charge in [-0.1, -0.05) is 18.2 Å². The second-order valence-corrected chi connectivity index (χ2v) is 8.89. The third-order valence-corrected chi connectivity index (χ3v) is 5.80. The molecule has 0 atom stereocenters. The molecule has 0 aliphatic heterocycles. The molecule has 0 aliphatic carbocycles. The molecule has 0 amide bonds. The monoisotopic (exact) mass is 379 g/mol. The minimum atomic E-state index is -3.16. The Morgan fingerprint density at radius 2 is 1.96 bits per heavy atom. The van der Waals surface area contributed by atoms with E-state index in [1.807, 2.05) is 26.1 Å². The highest BCUT2D eigenvalue weighted by atomic mass is 32.2. The average Bonchev–Trinajstić information content (AvgIpc) is 3.09. The molecule has 0 unspecified atom stereocenters. The maximum atomic E-state index is 11.5. The van der Waals surface area contributed by atoms with Crippen LogP contribution in [0.25, 0.3) is 0 Å². The molecular formula is C18H25N3O2S2. The topological polar surface area (TPSA) is 61.8 Å². The summed E-state index contributed by atoms with van der Waals surface area (Å²) in [5, 5.41) is 5.39. The van der Waals surface area contributed by atoms with E-state index >= 15 is 0 Å². The summed E-state index contributed by atoms with van der Waals surface area (Å²) in [5.74, 6) is 0.853. The number of hydrogen-bond acceptors (Lipinski definition) is 4. The number of benzene rings is 1. The molecule has 0 fully saturated rings. The third kappa shape index (κ3) is 6.17. The van der Waals surface area contributed by atoms with Crippen molar-refractivity contribution >= 4 is 27.1 Å². The number of likely N-dealkylation sites (N-methyl/N-ethyl adjacent to an activating group) is 1. The molecule has 0 saturated carbocycles. The zero-order valence-electron chi connectivity index (χ0n) is 14.9. The molecule has 2 aromatic rings. The summed E-state index contributed by atoms with van der Waals surface area (Å²) in [6.45, 7) is 4.24. The average molecular weight is 380 g/mol. The van der Waals surface area contributed by atoms with E-state index in [-0.39, 0.29) is 0 Å². The van der Waals surface area contributed by atoms with Crippen molar-refractivity contribution in [3.8, 4) is 0 Å². The number of nitrogens with one attached hydrogen (secondary N) is 1. The molecule has 7 heteroatoms. The van der Waals surface area contributed by atoms with Crippen LogP contribution in [0.2, 0.25) is 0 Å². The van der Waals surface area contributed by atoms with Gasteiger partial charge in [-0.2, -0.15) is 0 Å².